The summed E-state index contributed by atoms with van der Waals surface area (Å²) in [5.74, 6) is 1.27. The van der Waals surface area contributed by atoms with E-state index in [2.05, 4.69) is 24.0 Å². The summed E-state index contributed by atoms with van der Waals surface area (Å²) in [6, 6.07) is 13.9. The third-order valence-corrected chi connectivity index (χ3v) is 8.40. The molecule has 3 atom stereocenters. The van der Waals surface area contributed by atoms with Gasteiger partial charge in [0.2, 0.25) is 0 Å². The number of methoxy groups -OCH3 is 1. The van der Waals surface area contributed by atoms with Crippen LogP contribution in [0.25, 0.3) is 0 Å². The van der Waals surface area contributed by atoms with Crippen molar-refractivity contribution in [2.24, 2.45) is 0 Å². The van der Waals surface area contributed by atoms with Gasteiger partial charge in [-0.2, -0.15) is 0 Å². The van der Waals surface area contributed by atoms with Crippen molar-refractivity contribution >= 4 is 33.2 Å². The fourth-order valence-electron chi connectivity index (χ4n) is 3.89. The van der Waals surface area contributed by atoms with Gasteiger partial charge < -0.3 is 19.9 Å². The van der Waals surface area contributed by atoms with E-state index in [1.807, 2.05) is 24.3 Å². The van der Waals surface area contributed by atoms with E-state index in [1.165, 1.54) is 17.1 Å². The molecule has 3 N–H and O–H groups in total. The fraction of sp³-hybridized carbons (Fsp3) is 0.520. The number of halogens is 2. The predicted molar refractivity (Wildman–Crippen MR) is 142 cm³/mol. The Hall–Kier alpha value is -1.59. The number of rotatable bonds is 12. The first-order valence-electron chi connectivity index (χ1n) is 11.9. The van der Waals surface area contributed by atoms with Crippen LogP contribution in [0.2, 0.25) is 0 Å². The molecule has 2 aromatic rings. The van der Waals surface area contributed by atoms with E-state index in [9.17, 15) is 13.5 Å². The second-order valence-electron chi connectivity index (χ2n) is 9.54. The van der Waals surface area contributed by atoms with E-state index in [4.69, 9.17) is 32.7 Å². The first-order chi connectivity index (χ1) is 17.0. The number of benzene rings is 2. The Bertz CT molecular complexity index is 1070. The van der Waals surface area contributed by atoms with Crippen LogP contribution in [0, 0.1) is 0 Å². The summed E-state index contributed by atoms with van der Waals surface area (Å²) >= 11 is 12.4. The molecule has 1 heterocycles. The van der Waals surface area contributed by atoms with E-state index < -0.39 is 21.6 Å². The third kappa shape index (κ3) is 8.48. The van der Waals surface area contributed by atoms with Crippen molar-refractivity contribution in [1.82, 2.24) is 15.2 Å². The summed E-state index contributed by atoms with van der Waals surface area (Å²) in [6.07, 6.45) is 1.53. The Morgan fingerprint density at radius 3 is 2.39 bits per heavy atom. The topological polar surface area (TPSA) is 100 Å². The molecule has 11 heteroatoms. The van der Waals surface area contributed by atoms with Crippen LogP contribution < -0.4 is 19.6 Å². The minimum Gasteiger partial charge on any atom is -0.497 e. The lowest BCUT2D eigenvalue weighted by molar-refractivity contribution is 0.0988. The van der Waals surface area contributed by atoms with Crippen molar-refractivity contribution in [1.29, 1.82) is 0 Å². The highest BCUT2D eigenvalue weighted by Gasteiger charge is 2.31. The van der Waals surface area contributed by atoms with E-state index in [0.717, 1.165) is 30.6 Å². The normalized spacial score (nSPS) is 20.2. The molecule has 1 aliphatic heterocycles. The van der Waals surface area contributed by atoms with Gasteiger partial charge in [-0.15, -0.1) is 28.0 Å². The van der Waals surface area contributed by atoms with Gasteiger partial charge in [-0.3, -0.25) is 0 Å². The fourth-order valence-corrected chi connectivity index (χ4v) is 5.63. The van der Waals surface area contributed by atoms with Crippen molar-refractivity contribution in [2.75, 3.05) is 26.8 Å². The molecule has 8 nitrogen and oxygen atoms in total. The number of hydrogen-bond donors (Lipinski definition) is 3. The quantitative estimate of drug-likeness (QED) is 0.270. The number of β-amino-alcohol motifs (C(OH)–C–C–N with tert-alkyl or cyclic N) is 1. The summed E-state index contributed by atoms with van der Waals surface area (Å²) in [5.41, 5.74) is 0.306. The smallest absolute Gasteiger partial charge is 0.253 e. The SMILES string of the molecule is COc1ccc(CC(C)(C)NC[C@@H](O)COc2ccc(S(=O)(=O)NN3CCCC(Cl)C3Cl)cc2)cc1. The molecule has 1 saturated heterocycles. The van der Waals surface area contributed by atoms with Crippen LogP contribution in [-0.4, -0.2) is 67.9 Å². The summed E-state index contributed by atoms with van der Waals surface area (Å²) in [6.45, 7) is 5.04. The lowest BCUT2D eigenvalue weighted by Gasteiger charge is -2.34. The van der Waals surface area contributed by atoms with Crippen molar-refractivity contribution in [2.45, 2.75) is 60.5 Å². The lowest BCUT2D eigenvalue weighted by Crippen LogP contribution is -2.52. The van der Waals surface area contributed by atoms with Crippen LogP contribution in [0.3, 0.4) is 0 Å². The molecule has 0 amide bonds. The summed E-state index contributed by atoms with van der Waals surface area (Å²) in [4.78, 5) is 2.59. The second kappa shape index (κ2) is 12.8. The van der Waals surface area contributed by atoms with Crippen LogP contribution in [0.15, 0.2) is 53.4 Å². The molecule has 36 heavy (non-hydrogen) atoms. The summed E-state index contributed by atoms with van der Waals surface area (Å²) < 4.78 is 36.3. The largest absolute Gasteiger partial charge is 0.497 e. The summed E-state index contributed by atoms with van der Waals surface area (Å²) in [7, 11) is -2.17. The zero-order chi connectivity index (χ0) is 26.3. The molecule has 0 saturated carbocycles. The number of ether oxygens (including phenoxy) is 2. The van der Waals surface area contributed by atoms with Crippen molar-refractivity contribution < 1.29 is 23.0 Å². The maximum Gasteiger partial charge on any atom is 0.253 e. The van der Waals surface area contributed by atoms with Crippen LogP contribution in [0.4, 0.5) is 0 Å². The van der Waals surface area contributed by atoms with Gasteiger partial charge in [-0.05, 0) is 75.1 Å². The van der Waals surface area contributed by atoms with Gasteiger partial charge >= 0.3 is 0 Å². The zero-order valence-corrected chi connectivity index (χ0v) is 23.1. The molecular weight excluding hydrogens is 525 g/mol. The predicted octanol–water partition coefficient (Wildman–Crippen LogP) is 3.51. The number of hydrazine groups is 1. The molecule has 0 aromatic heterocycles. The Balaban J connectivity index is 1.45. The summed E-state index contributed by atoms with van der Waals surface area (Å²) in [5, 5.41) is 14.9. The molecule has 200 valence electrons. The zero-order valence-electron chi connectivity index (χ0n) is 20.8. The number of aliphatic hydroxyl groups is 1. The first-order valence-corrected chi connectivity index (χ1v) is 14.2. The van der Waals surface area contributed by atoms with Crippen molar-refractivity contribution in [3.8, 4) is 11.5 Å². The van der Waals surface area contributed by atoms with E-state index >= 15 is 0 Å². The Morgan fingerprint density at radius 2 is 1.75 bits per heavy atom. The number of hydrogen-bond acceptors (Lipinski definition) is 7. The highest BCUT2D eigenvalue weighted by Crippen LogP contribution is 2.25. The van der Waals surface area contributed by atoms with Crippen molar-refractivity contribution in [3.63, 3.8) is 0 Å². The maximum absolute atomic E-state index is 12.7. The van der Waals surface area contributed by atoms with Gasteiger partial charge in [0, 0.05) is 18.6 Å². The number of sulfonamides is 1. The van der Waals surface area contributed by atoms with Crippen LogP contribution in [0.5, 0.6) is 11.5 Å². The van der Waals surface area contributed by atoms with E-state index in [1.54, 1.807) is 19.2 Å². The number of nitrogens with zero attached hydrogens (tertiary/aromatic N) is 1. The van der Waals surface area contributed by atoms with Gasteiger partial charge in [0.25, 0.3) is 10.0 Å². The van der Waals surface area contributed by atoms with Gasteiger partial charge in [-0.1, -0.05) is 12.1 Å². The average Bonchev–Trinajstić information content (AvgIpc) is 2.85. The Labute approximate surface area is 223 Å². The monoisotopic (exact) mass is 559 g/mol. The number of nitrogens with one attached hydrogen (secondary N) is 2. The standard InChI is InChI=1S/C25H35Cl2N3O5S/c1-25(2,15-18-6-8-20(34-3)9-7-18)28-16-19(31)17-35-21-10-12-22(13-11-21)36(32,33)29-30-14-4-5-23(26)24(30)27/h6-13,19,23-24,28-29,31H,4-5,14-17H2,1-3H3/t19-,23?,24?/m1/s1. The van der Waals surface area contributed by atoms with E-state index in [0.29, 0.717) is 18.8 Å². The molecule has 3 rings (SSSR count). The van der Waals surface area contributed by atoms with E-state index in [-0.39, 0.29) is 22.4 Å². The molecule has 0 aliphatic carbocycles. The number of alkyl halides is 2. The molecule has 0 spiro atoms. The van der Waals surface area contributed by atoms with Gasteiger partial charge in [0.15, 0.2) is 0 Å². The first kappa shape index (κ1) is 29.0. The number of piperidine rings is 1. The lowest BCUT2D eigenvalue weighted by atomic mass is 9.94. The van der Waals surface area contributed by atoms with Crippen LogP contribution in [-0.2, 0) is 16.4 Å². The molecule has 1 fully saturated rings. The van der Waals surface area contributed by atoms with Crippen LogP contribution >= 0.6 is 23.2 Å². The van der Waals surface area contributed by atoms with Gasteiger partial charge in [0.1, 0.15) is 29.7 Å². The highest BCUT2D eigenvalue weighted by molar-refractivity contribution is 7.89. The minimum atomic E-state index is -3.81. The number of aliphatic hydroxyl groups excluding tert-OH is 1. The van der Waals surface area contributed by atoms with Gasteiger partial charge in [-0.25, -0.2) is 13.4 Å². The second-order valence-corrected chi connectivity index (χ2v) is 12.2. The molecule has 2 aromatic carbocycles. The molecule has 1 aliphatic rings. The van der Waals surface area contributed by atoms with Gasteiger partial charge in [0.05, 0.1) is 17.4 Å². The molecule has 0 bridgehead atoms. The van der Waals surface area contributed by atoms with Crippen LogP contribution in [0.1, 0.15) is 32.3 Å². The highest BCUT2D eigenvalue weighted by atomic mass is 35.5. The molecular formula is C25H35Cl2N3O5S. The molecule has 0 radical (unpaired) electrons. The average molecular weight is 561 g/mol. The van der Waals surface area contributed by atoms with Crippen molar-refractivity contribution in [3.05, 3.63) is 54.1 Å². The maximum atomic E-state index is 12.7. The third-order valence-electron chi connectivity index (χ3n) is 5.91. The Kier molecular flexibility index (Phi) is 10.3. The Morgan fingerprint density at radius 1 is 1.11 bits per heavy atom. The molecule has 2 unspecified atom stereocenters. The minimum absolute atomic E-state index is 0.0643.